The van der Waals surface area contributed by atoms with E-state index in [2.05, 4.69) is 9.88 Å². The van der Waals surface area contributed by atoms with E-state index in [1.165, 1.54) is 11.3 Å². The van der Waals surface area contributed by atoms with E-state index in [1.54, 1.807) is 6.92 Å². The number of hydrogen-bond acceptors (Lipinski definition) is 5. The maximum Gasteiger partial charge on any atom is 0.341 e. The van der Waals surface area contributed by atoms with Crippen molar-refractivity contribution in [1.82, 2.24) is 4.57 Å². The maximum absolute atomic E-state index is 12.8. The number of thiophene rings is 1. The Balaban J connectivity index is 1.52. The molecular weight excluding hydrogens is 436 g/mol. The number of nitrogens with one attached hydrogen (secondary N) is 1. The fraction of sp³-hybridized carbons (Fsp3) is 0.231. The molecule has 0 spiro atoms. The number of anilines is 1. The number of aromatic nitrogens is 1. The second-order valence-corrected chi connectivity index (χ2v) is 8.28. The summed E-state index contributed by atoms with van der Waals surface area (Å²) in [6.07, 6.45) is 2.27. The minimum Gasteiger partial charge on any atom is -0.494 e. The summed E-state index contributed by atoms with van der Waals surface area (Å²) in [7, 11) is 0. The number of para-hydroxylation sites is 1. The van der Waals surface area contributed by atoms with Crippen molar-refractivity contribution >= 4 is 39.1 Å². The molecule has 6 nitrogen and oxygen atoms in total. The standard InChI is InChI=1S/C26H26N2O4S/c1-3-31-20-11-9-18(10-12-20)21-17-33-25(24(21)26(30)32-4-2)27-23(29)14-16-28-15-13-19-7-5-6-8-22(19)28/h5-13,15,17H,3-4,14,16H2,1-2H3,(H,27,29). The summed E-state index contributed by atoms with van der Waals surface area (Å²) in [5.74, 6) is 0.160. The first-order valence-electron chi connectivity index (χ1n) is 11.0. The monoisotopic (exact) mass is 462 g/mol. The molecule has 2 heterocycles. The number of carbonyl (C=O) groups excluding carboxylic acids is 2. The summed E-state index contributed by atoms with van der Waals surface area (Å²) < 4.78 is 12.9. The van der Waals surface area contributed by atoms with Gasteiger partial charge in [0.15, 0.2) is 0 Å². The van der Waals surface area contributed by atoms with Crippen LogP contribution in [0.4, 0.5) is 5.00 Å². The van der Waals surface area contributed by atoms with E-state index in [4.69, 9.17) is 9.47 Å². The van der Waals surface area contributed by atoms with Crippen LogP contribution in [0.2, 0.25) is 0 Å². The van der Waals surface area contributed by atoms with Gasteiger partial charge in [-0.15, -0.1) is 11.3 Å². The van der Waals surface area contributed by atoms with E-state index < -0.39 is 5.97 Å². The molecule has 0 radical (unpaired) electrons. The van der Waals surface area contributed by atoms with Gasteiger partial charge >= 0.3 is 5.97 Å². The van der Waals surface area contributed by atoms with Gasteiger partial charge in [-0.1, -0.05) is 30.3 Å². The van der Waals surface area contributed by atoms with E-state index >= 15 is 0 Å². The smallest absolute Gasteiger partial charge is 0.341 e. The largest absolute Gasteiger partial charge is 0.494 e. The molecule has 0 unspecified atom stereocenters. The van der Waals surface area contributed by atoms with E-state index in [0.29, 0.717) is 23.7 Å². The average molecular weight is 463 g/mol. The highest BCUT2D eigenvalue weighted by molar-refractivity contribution is 7.15. The lowest BCUT2D eigenvalue weighted by atomic mass is 10.0. The molecule has 2 aromatic carbocycles. The first-order chi connectivity index (χ1) is 16.1. The summed E-state index contributed by atoms with van der Waals surface area (Å²) in [6.45, 7) is 5.08. The zero-order chi connectivity index (χ0) is 23.2. The maximum atomic E-state index is 12.8. The summed E-state index contributed by atoms with van der Waals surface area (Å²) >= 11 is 1.32. The van der Waals surface area contributed by atoms with Crippen LogP contribution in [0, 0.1) is 0 Å². The molecular formula is C26H26N2O4S. The zero-order valence-corrected chi connectivity index (χ0v) is 19.5. The van der Waals surface area contributed by atoms with Crippen LogP contribution in [0.5, 0.6) is 5.75 Å². The SMILES string of the molecule is CCOC(=O)c1c(-c2ccc(OCC)cc2)csc1NC(=O)CCn1ccc2ccccc21. The number of esters is 1. The summed E-state index contributed by atoms with van der Waals surface area (Å²) in [5, 5.41) is 6.43. The highest BCUT2D eigenvalue weighted by atomic mass is 32.1. The summed E-state index contributed by atoms with van der Waals surface area (Å²) in [6, 6.07) is 17.6. The van der Waals surface area contributed by atoms with Crippen molar-refractivity contribution in [3.8, 4) is 16.9 Å². The number of nitrogens with zero attached hydrogens (tertiary/aromatic N) is 1. The highest BCUT2D eigenvalue weighted by Crippen LogP contribution is 2.37. The van der Waals surface area contributed by atoms with Crippen LogP contribution in [0.25, 0.3) is 22.0 Å². The number of aryl methyl sites for hydroxylation is 1. The number of amides is 1. The number of carbonyl (C=O) groups is 2. The summed E-state index contributed by atoms with van der Waals surface area (Å²) in [4.78, 5) is 25.5. The third-order valence-corrected chi connectivity index (χ3v) is 6.16. The Morgan fingerprint density at radius 1 is 1.00 bits per heavy atom. The van der Waals surface area contributed by atoms with Crippen molar-refractivity contribution in [3.05, 3.63) is 71.7 Å². The van der Waals surface area contributed by atoms with Gasteiger partial charge in [0, 0.05) is 35.6 Å². The van der Waals surface area contributed by atoms with Crippen molar-refractivity contribution in [1.29, 1.82) is 0 Å². The van der Waals surface area contributed by atoms with Gasteiger partial charge in [0.1, 0.15) is 16.3 Å². The van der Waals surface area contributed by atoms with Crippen molar-refractivity contribution in [2.75, 3.05) is 18.5 Å². The first kappa shape index (κ1) is 22.6. The van der Waals surface area contributed by atoms with E-state index in [9.17, 15) is 9.59 Å². The average Bonchev–Trinajstić information content (AvgIpc) is 3.43. The van der Waals surface area contributed by atoms with E-state index in [0.717, 1.165) is 27.8 Å². The van der Waals surface area contributed by atoms with Gasteiger partial charge in [-0.05, 0) is 49.1 Å². The Hall–Kier alpha value is -3.58. The molecule has 0 saturated carbocycles. The van der Waals surface area contributed by atoms with E-state index in [1.807, 2.05) is 73.1 Å². The lowest BCUT2D eigenvalue weighted by Crippen LogP contribution is -2.16. The third kappa shape index (κ3) is 5.09. The molecule has 0 aliphatic carbocycles. The fourth-order valence-electron chi connectivity index (χ4n) is 3.71. The molecule has 0 saturated heterocycles. The lowest BCUT2D eigenvalue weighted by Gasteiger charge is -2.10. The molecule has 4 rings (SSSR count). The topological polar surface area (TPSA) is 69.6 Å². The second-order valence-electron chi connectivity index (χ2n) is 7.40. The van der Waals surface area contributed by atoms with Gasteiger partial charge in [-0.25, -0.2) is 4.79 Å². The first-order valence-corrected chi connectivity index (χ1v) is 11.8. The van der Waals surface area contributed by atoms with Gasteiger partial charge in [-0.3, -0.25) is 4.79 Å². The molecule has 7 heteroatoms. The molecule has 0 bridgehead atoms. The van der Waals surface area contributed by atoms with Crippen LogP contribution in [0.15, 0.2) is 66.2 Å². The zero-order valence-electron chi connectivity index (χ0n) is 18.7. The van der Waals surface area contributed by atoms with Gasteiger partial charge < -0.3 is 19.4 Å². The fourth-order valence-corrected chi connectivity index (χ4v) is 4.69. The molecule has 0 fully saturated rings. The van der Waals surface area contributed by atoms with Crippen LogP contribution >= 0.6 is 11.3 Å². The quantitative estimate of drug-likeness (QED) is 0.311. The minimum absolute atomic E-state index is 0.154. The Bertz CT molecular complexity index is 1260. The van der Waals surface area contributed by atoms with Crippen LogP contribution in [0.3, 0.4) is 0 Å². The molecule has 1 amide bonds. The number of rotatable bonds is 9. The molecule has 170 valence electrons. The Morgan fingerprint density at radius 3 is 2.55 bits per heavy atom. The third-order valence-electron chi connectivity index (χ3n) is 5.26. The number of fused-ring (bicyclic) bond motifs is 1. The highest BCUT2D eigenvalue weighted by Gasteiger charge is 2.23. The molecule has 1 N–H and O–H groups in total. The van der Waals surface area contributed by atoms with Crippen molar-refractivity contribution < 1.29 is 19.1 Å². The molecule has 0 atom stereocenters. The lowest BCUT2D eigenvalue weighted by molar-refractivity contribution is -0.116. The predicted molar refractivity (Wildman–Crippen MR) is 132 cm³/mol. The van der Waals surface area contributed by atoms with Crippen molar-refractivity contribution in [2.45, 2.75) is 26.8 Å². The van der Waals surface area contributed by atoms with Gasteiger partial charge in [0.05, 0.1) is 13.2 Å². The number of hydrogen-bond donors (Lipinski definition) is 1. The van der Waals surface area contributed by atoms with Gasteiger partial charge in [0.25, 0.3) is 0 Å². The van der Waals surface area contributed by atoms with E-state index in [-0.39, 0.29) is 18.9 Å². The van der Waals surface area contributed by atoms with Crippen LogP contribution in [-0.4, -0.2) is 29.7 Å². The van der Waals surface area contributed by atoms with Gasteiger partial charge in [-0.2, -0.15) is 0 Å². The normalized spacial score (nSPS) is 10.8. The van der Waals surface area contributed by atoms with Crippen molar-refractivity contribution in [3.63, 3.8) is 0 Å². The molecule has 33 heavy (non-hydrogen) atoms. The Kier molecular flexibility index (Phi) is 7.10. The van der Waals surface area contributed by atoms with Crippen LogP contribution in [0.1, 0.15) is 30.6 Å². The van der Waals surface area contributed by atoms with Crippen LogP contribution < -0.4 is 10.1 Å². The molecule has 4 aromatic rings. The number of benzene rings is 2. The predicted octanol–water partition coefficient (Wildman–Crippen LogP) is 5.97. The molecule has 0 aliphatic rings. The number of ether oxygens (including phenoxy) is 2. The minimum atomic E-state index is -0.450. The molecule has 0 aliphatic heterocycles. The second kappa shape index (κ2) is 10.4. The van der Waals surface area contributed by atoms with Gasteiger partial charge in [0.2, 0.25) is 5.91 Å². The van der Waals surface area contributed by atoms with Crippen molar-refractivity contribution in [2.24, 2.45) is 0 Å². The summed E-state index contributed by atoms with van der Waals surface area (Å²) in [5.41, 5.74) is 3.06. The van der Waals surface area contributed by atoms with Crippen LogP contribution in [-0.2, 0) is 16.1 Å². The Morgan fingerprint density at radius 2 is 1.79 bits per heavy atom. The molecule has 2 aromatic heterocycles. The Labute approximate surface area is 196 Å².